The van der Waals surface area contributed by atoms with Crippen LogP contribution in [0.25, 0.3) is 5.65 Å². The molecule has 0 amide bonds. The lowest BCUT2D eigenvalue weighted by Crippen LogP contribution is -2.17. The molecular weight excluding hydrogens is 375 g/mol. The van der Waals surface area contributed by atoms with Gasteiger partial charge in [-0.25, -0.2) is 14.8 Å². The molecule has 3 rings (SSSR count). The first kappa shape index (κ1) is 17.9. The SMILES string of the molecule is O=C(OCc1cc(=O)n2cc(Cl)ccc2n1)c1ccc(C(F)(F)F)cn1. The number of carbonyl (C=O) groups is 1. The molecule has 3 aromatic rings. The molecule has 0 unspecified atom stereocenters. The predicted octanol–water partition coefficient (Wildman–Crippen LogP) is 3.12. The third-order valence-corrected chi connectivity index (χ3v) is 3.55. The van der Waals surface area contributed by atoms with Crippen LogP contribution in [0.3, 0.4) is 0 Å². The Morgan fingerprint density at radius 1 is 1.23 bits per heavy atom. The first-order valence-electron chi connectivity index (χ1n) is 7.12. The highest BCUT2D eigenvalue weighted by Crippen LogP contribution is 2.28. The number of carbonyl (C=O) groups excluding carboxylic acids is 1. The Morgan fingerprint density at radius 2 is 2.00 bits per heavy atom. The number of esters is 1. The van der Waals surface area contributed by atoms with E-state index in [1.165, 1.54) is 16.7 Å². The van der Waals surface area contributed by atoms with Crippen LogP contribution in [0.1, 0.15) is 21.7 Å². The van der Waals surface area contributed by atoms with Crippen molar-refractivity contribution in [3.05, 3.63) is 75.1 Å². The summed E-state index contributed by atoms with van der Waals surface area (Å²) in [7, 11) is 0. The molecule has 26 heavy (non-hydrogen) atoms. The molecule has 0 aliphatic carbocycles. The molecule has 0 bridgehead atoms. The van der Waals surface area contributed by atoms with Crippen molar-refractivity contribution >= 4 is 23.2 Å². The van der Waals surface area contributed by atoms with Crippen molar-refractivity contribution in [2.24, 2.45) is 0 Å². The fraction of sp³-hybridized carbons (Fsp3) is 0.125. The zero-order valence-corrected chi connectivity index (χ0v) is 13.6. The highest BCUT2D eigenvalue weighted by molar-refractivity contribution is 6.30. The molecule has 0 aliphatic rings. The largest absolute Gasteiger partial charge is 0.454 e. The lowest BCUT2D eigenvalue weighted by atomic mass is 10.2. The van der Waals surface area contributed by atoms with Gasteiger partial charge in [0.25, 0.3) is 5.56 Å². The van der Waals surface area contributed by atoms with Gasteiger partial charge in [0.05, 0.1) is 16.3 Å². The summed E-state index contributed by atoms with van der Waals surface area (Å²) in [5.41, 5.74) is -1.20. The standard InChI is InChI=1S/C16H9ClF3N3O3/c17-10-2-4-13-22-11(5-14(24)23(13)7-10)8-26-15(25)12-3-1-9(6-21-12)16(18,19)20/h1-7H,8H2. The molecule has 0 radical (unpaired) electrons. The fourth-order valence-electron chi connectivity index (χ4n) is 2.10. The predicted molar refractivity (Wildman–Crippen MR) is 84.8 cm³/mol. The van der Waals surface area contributed by atoms with Gasteiger partial charge in [-0.2, -0.15) is 13.2 Å². The van der Waals surface area contributed by atoms with Gasteiger partial charge in [-0.3, -0.25) is 9.20 Å². The first-order chi connectivity index (χ1) is 12.2. The Kier molecular flexibility index (Phi) is 4.64. The van der Waals surface area contributed by atoms with Crippen LogP contribution < -0.4 is 5.56 Å². The molecule has 10 heteroatoms. The van der Waals surface area contributed by atoms with Crippen LogP contribution in [-0.4, -0.2) is 20.3 Å². The molecule has 0 atom stereocenters. The summed E-state index contributed by atoms with van der Waals surface area (Å²) in [5.74, 6) is -0.933. The number of nitrogens with zero attached hydrogens (tertiary/aromatic N) is 3. The van der Waals surface area contributed by atoms with Crippen molar-refractivity contribution in [2.75, 3.05) is 0 Å². The summed E-state index contributed by atoms with van der Waals surface area (Å²) in [6.07, 6.45) is -2.61. The smallest absolute Gasteiger partial charge is 0.417 e. The van der Waals surface area contributed by atoms with Crippen molar-refractivity contribution in [1.29, 1.82) is 0 Å². The van der Waals surface area contributed by atoms with Crippen molar-refractivity contribution in [2.45, 2.75) is 12.8 Å². The van der Waals surface area contributed by atoms with E-state index < -0.39 is 23.3 Å². The van der Waals surface area contributed by atoms with E-state index in [2.05, 4.69) is 9.97 Å². The molecule has 0 saturated heterocycles. The zero-order valence-electron chi connectivity index (χ0n) is 12.8. The maximum absolute atomic E-state index is 12.5. The van der Waals surface area contributed by atoms with Gasteiger partial charge >= 0.3 is 12.1 Å². The van der Waals surface area contributed by atoms with E-state index in [0.29, 0.717) is 16.9 Å². The molecule has 0 saturated carbocycles. The maximum atomic E-state index is 12.5. The number of hydrogen-bond acceptors (Lipinski definition) is 5. The molecule has 0 spiro atoms. The van der Waals surface area contributed by atoms with Crippen molar-refractivity contribution < 1.29 is 22.7 Å². The fourth-order valence-corrected chi connectivity index (χ4v) is 2.26. The Labute approximate surface area is 148 Å². The highest BCUT2D eigenvalue weighted by Gasteiger charge is 2.31. The summed E-state index contributed by atoms with van der Waals surface area (Å²) in [6, 6.07) is 5.87. The van der Waals surface area contributed by atoms with Gasteiger partial charge in [-0.1, -0.05) is 11.6 Å². The second-order valence-corrected chi connectivity index (χ2v) is 5.60. The number of ether oxygens (including phenoxy) is 1. The Morgan fingerprint density at radius 3 is 2.65 bits per heavy atom. The Balaban J connectivity index is 1.74. The number of hydrogen-bond donors (Lipinski definition) is 0. The van der Waals surface area contributed by atoms with E-state index in [9.17, 15) is 22.8 Å². The van der Waals surface area contributed by atoms with Gasteiger partial charge < -0.3 is 4.74 Å². The van der Waals surface area contributed by atoms with Gasteiger partial charge in [0.2, 0.25) is 0 Å². The second kappa shape index (κ2) is 6.75. The van der Waals surface area contributed by atoms with Crippen molar-refractivity contribution in [1.82, 2.24) is 14.4 Å². The van der Waals surface area contributed by atoms with Gasteiger partial charge in [-0.15, -0.1) is 0 Å². The van der Waals surface area contributed by atoms with Crippen molar-refractivity contribution in [3.63, 3.8) is 0 Å². The van der Waals surface area contributed by atoms with Crippen LogP contribution in [-0.2, 0) is 17.5 Å². The molecule has 0 N–H and O–H groups in total. The topological polar surface area (TPSA) is 73.6 Å². The molecule has 134 valence electrons. The first-order valence-corrected chi connectivity index (χ1v) is 7.50. The summed E-state index contributed by atoms with van der Waals surface area (Å²) < 4.78 is 43.6. The third-order valence-electron chi connectivity index (χ3n) is 3.33. The van der Waals surface area contributed by atoms with E-state index in [0.717, 1.165) is 18.2 Å². The number of pyridine rings is 2. The zero-order chi connectivity index (χ0) is 18.9. The summed E-state index contributed by atoms with van der Waals surface area (Å²) in [5, 5.41) is 0.356. The third kappa shape index (κ3) is 3.83. The van der Waals surface area contributed by atoms with Gasteiger partial charge in [0.15, 0.2) is 0 Å². The molecule has 3 heterocycles. The summed E-state index contributed by atoms with van der Waals surface area (Å²) in [6.45, 7) is -0.337. The minimum Gasteiger partial charge on any atom is -0.454 e. The Hall–Kier alpha value is -2.94. The van der Waals surface area contributed by atoms with Crippen LogP contribution in [0.2, 0.25) is 5.02 Å². The monoisotopic (exact) mass is 383 g/mol. The van der Waals surface area contributed by atoms with Gasteiger partial charge in [0, 0.05) is 18.5 Å². The van der Waals surface area contributed by atoms with Crippen LogP contribution in [0.4, 0.5) is 13.2 Å². The Bertz CT molecular complexity index is 1030. The number of aromatic nitrogens is 3. The van der Waals surface area contributed by atoms with E-state index in [1.807, 2.05) is 0 Å². The summed E-state index contributed by atoms with van der Waals surface area (Å²) >= 11 is 5.81. The molecular formula is C16H9ClF3N3O3. The van der Waals surface area contributed by atoms with E-state index in [4.69, 9.17) is 16.3 Å². The van der Waals surface area contributed by atoms with Crippen LogP contribution in [0.5, 0.6) is 0 Å². The van der Waals surface area contributed by atoms with E-state index in [-0.39, 0.29) is 18.0 Å². The molecule has 6 nitrogen and oxygen atoms in total. The molecule has 3 aromatic heterocycles. The normalized spacial score (nSPS) is 11.5. The van der Waals surface area contributed by atoms with Crippen LogP contribution >= 0.6 is 11.6 Å². The van der Waals surface area contributed by atoms with Gasteiger partial charge in [-0.05, 0) is 24.3 Å². The second-order valence-electron chi connectivity index (χ2n) is 5.17. The average molecular weight is 384 g/mol. The minimum absolute atomic E-state index is 0.178. The molecule has 0 aliphatic heterocycles. The van der Waals surface area contributed by atoms with Crippen molar-refractivity contribution in [3.8, 4) is 0 Å². The average Bonchev–Trinajstić information content (AvgIpc) is 2.59. The molecule has 0 aromatic carbocycles. The number of fused-ring (bicyclic) bond motifs is 1. The lowest BCUT2D eigenvalue weighted by molar-refractivity contribution is -0.137. The lowest BCUT2D eigenvalue weighted by Gasteiger charge is -2.08. The van der Waals surface area contributed by atoms with Crippen LogP contribution in [0.15, 0.2) is 47.5 Å². The van der Waals surface area contributed by atoms with Crippen LogP contribution in [0, 0.1) is 0 Å². The number of rotatable bonds is 3. The minimum atomic E-state index is -4.55. The van der Waals surface area contributed by atoms with E-state index in [1.54, 1.807) is 6.07 Å². The van der Waals surface area contributed by atoms with Gasteiger partial charge in [0.1, 0.15) is 17.9 Å². The summed E-state index contributed by atoms with van der Waals surface area (Å²) in [4.78, 5) is 31.5. The number of halogens is 4. The van der Waals surface area contributed by atoms with E-state index >= 15 is 0 Å². The highest BCUT2D eigenvalue weighted by atomic mass is 35.5. The maximum Gasteiger partial charge on any atom is 0.417 e. The number of alkyl halides is 3. The quantitative estimate of drug-likeness (QED) is 0.650. The molecule has 0 fully saturated rings.